The number of hydrogen-bond acceptors (Lipinski definition) is 4. The molecule has 23 heavy (non-hydrogen) atoms. The van der Waals surface area contributed by atoms with Crippen molar-refractivity contribution < 1.29 is 14.3 Å². The van der Waals surface area contributed by atoms with E-state index >= 15 is 0 Å². The Morgan fingerprint density at radius 2 is 1.48 bits per heavy atom. The largest absolute Gasteiger partial charge is 0.497 e. The minimum atomic E-state index is -0.801. The first-order valence-corrected chi connectivity index (χ1v) is 8.13. The third kappa shape index (κ3) is 3.69. The molecule has 0 spiro atoms. The van der Waals surface area contributed by atoms with Crippen molar-refractivity contribution in [1.29, 1.82) is 0 Å². The van der Waals surface area contributed by atoms with Crippen molar-refractivity contribution in [3.05, 3.63) is 23.3 Å². The summed E-state index contributed by atoms with van der Waals surface area (Å²) in [5.41, 5.74) is 6.76. The quantitative estimate of drug-likeness (QED) is 0.682. The van der Waals surface area contributed by atoms with Gasteiger partial charge in [-0.2, -0.15) is 0 Å². The Morgan fingerprint density at radius 1 is 1.04 bits per heavy atom. The van der Waals surface area contributed by atoms with Gasteiger partial charge in [0.2, 0.25) is 0 Å². The average molecular weight is 319 g/mol. The number of benzene rings is 1. The molecular formula is C19H29NO3. The Kier molecular flexibility index (Phi) is 4.27. The number of hydrogen-bond donors (Lipinski definition) is 1. The number of carbonyl (C=O) groups excluding carboxylic acids is 1. The Balaban J connectivity index is 2.61. The van der Waals surface area contributed by atoms with Crippen molar-refractivity contribution >= 4 is 5.97 Å². The van der Waals surface area contributed by atoms with Gasteiger partial charge in [0.1, 0.15) is 17.0 Å². The lowest BCUT2D eigenvalue weighted by Crippen LogP contribution is -2.37. The smallest absolute Gasteiger partial charge is 0.331 e. The zero-order valence-corrected chi connectivity index (χ0v) is 15.4. The predicted molar refractivity (Wildman–Crippen MR) is 92.2 cm³/mol. The minimum absolute atomic E-state index is 0.185. The van der Waals surface area contributed by atoms with E-state index in [2.05, 4.69) is 41.5 Å². The predicted octanol–water partition coefficient (Wildman–Crippen LogP) is 3.69. The molecular weight excluding hydrogens is 290 g/mol. The Hall–Kier alpha value is -1.55. The number of ether oxygens (including phenoxy) is 2. The highest BCUT2D eigenvalue weighted by Crippen LogP contribution is 2.44. The Bertz CT molecular complexity index is 581. The number of carbonyl (C=O) groups is 1. The molecule has 1 aliphatic carbocycles. The van der Waals surface area contributed by atoms with Crippen LogP contribution in [0.5, 0.6) is 11.5 Å². The second-order valence-corrected chi connectivity index (χ2v) is 8.60. The molecule has 4 heteroatoms. The minimum Gasteiger partial charge on any atom is -0.497 e. The van der Waals surface area contributed by atoms with Crippen molar-refractivity contribution in [2.24, 2.45) is 5.73 Å². The summed E-state index contributed by atoms with van der Waals surface area (Å²) in [6.07, 6.45) is 1.38. The number of nitrogens with two attached hydrogens (primary N) is 1. The van der Waals surface area contributed by atoms with Crippen LogP contribution >= 0.6 is 0 Å². The Labute approximate surface area is 139 Å². The zero-order valence-electron chi connectivity index (χ0n) is 15.4. The van der Waals surface area contributed by atoms with Gasteiger partial charge in [0.25, 0.3) is 0 Å². The topological polar surface area (TPSA) is 61.5 Å². The van der Waals surface area contributed by atoms with Crippen LogP contribution in [-0.4, -0.2) is 18.6 Å². The van der Waals surface area contributed by atoms with Crippen LogP contribution < -0.4 is 15.2 Å². The molecule has 0 atom stereocenters. The maximum Gasteiger partial charge on any atom is 0.331 e. The van der Waals surface area contributed by atoms with E-state index in [-0.39, 0.29) is 16.8 Å². The summed E-state index contributed by atoms with van der Waals surface area (Å²) in [4.78, 5) is 12.4. The number of esters is 1. The van der Waals surface area contributed by atoms with Gasteiger partial charge in [0.15, 0.2) is 0 Å². The van der Waals surface area contributed by atoms with Gasteiger partial charge in [0, 0.05) is 11.1 Å². The molecule has 4 nitrogen and oxygen atoms in total. The third-order valence-corrected chi connectivity index (χ3v) is 4.30. The summed E-state index contributed by atoms with van der Waals surface area (Å²) in [7, 11) is 1.65. The number of rotatable bonds is 3. The van der Waals surface area contributed by atoms with Gasteiger partial charge in [-0.05, 0) is 35.8 Å². The normalized spacial score (nSPS) is 16.9. The standard InChI is InChI=1S/C19H29NO3/c1-17(2,3)13-10-12(22-7)11-14(18(4,5)6)15(13)23-16(21)19(20)8-9-19/h10-11H,8-9,20H2,1-7H3. The maximum atomic E-state index is 12.4. The molecule has 1 aromatic carbocycles. The molecule has 0 heterocycles. The lowest BCUT2D eigenvalue weighted by Gasteiger charge is -2.30. The van der Waals surface area contributed by atoms with Gasteiger partial charge < -0.3 is 15.2 Å². The van der Waals surface area contributed by atoms with Gasteiger partial charge in [-0.1, -0.05) is 41.5 Å². The first kappa shape index (κ1) is 17.8. The molecule has 0 aliphatic heterocycles. The fraction of sp³-hybridized carbons (Fsp3) is 0.632. The van der Waals surface area contributed by atoms with E-state index in [4.69, 9.17) is 15.2 Å². The molecule has 0 saturated heterocycles. The van der Waals surface area contributed by atoms with E-state index < -0.39 is 5.54 Å². The fourth-order valence-electron chi connectivity index (χ4n) is 2.48. The van der Waals surface area contributed by atoms with Crippen LogP contribution in [0.4, 0.5) is 0 Å². The molecule has 1 saturated carbocycles. The lowest BCUT2D eigenvalue weighted by atomic mass is 9.79. The van der Waals surface area contributed by atoms with E-state index in [1.807, 2.05) is 12.1 Å². The molecule has 1 fully saturated rings. The molecule has 1 aliphatic rings. The molecule has 0 amide bonds. The SMILES string of the molecule is COc1cc(C(C)(C)C)c(OC(=O)C2(N)CC2)c(C(C)(C)C)c1. The van der Waals surface area contributed by atoms with Crippen LogP contribution in [0.1, 0.15) is 65.5 Å². The van der Waals surface area contributed by atoms with E-state index in [9.17, 15) is 4.79 Å². The van der Waals surface area contributed by atoms with Crippen molar-refractivity contribution in [1.82, 2.24) is 0 Å². The molecule has 0 unspecified atom stereocenters. The number of methoxy groups -OCH3 is 1. The van der Waals surface area contributed by atoms with Crippen molar-refractivity contribution in [3.8, 4) is 11.5 Å². The summed E-state index contributed by atoms with van der Waals surface area (Å²) in [6, 6.07) is 3.90. The second-order valence-electron chi connectivity index (χ2n) is 8.60. The first-order valence-electron chi connectivity index (χ1n) is 8.13. The first-order chi connectivity index (χ1) is 10.4. The van der Waals surface area contributed by atoms with Gasteiger partial charge in [-0.3, -0.25) is 0 Å². The lowest BCUT2D eigenvalue weighted by molar-refractivity contribution is -0.137. The van der Waals surface area contributed by atoms with Crippen LogP contribution in [0.25, 0.3) is 0 Å². The maximum absolute atomic E-state index is 12.4. The van der Waals surface area contributed by atoms with Crippen LogP contribution in [-0.2, 0) is 15.6 Å². The molecule has 0 bridgehead atoms. The Morgan fingerprint density at radius 3 is 1.78 bits per heavy atom. The molecule has 2 N–H and O–H groups in total. The average Bonchev–Trinajstić information content (AvgIpc) is 3.15. The molecule has 128 valence electrons. The molecule has 0 radical (unpaired) electrons. The van der Waals surface area contributed by atoms with Gasteiger partial charge >= 0.3 is 5.97 Å². The summed E-state index contributed by atoms with van der Waals surface area (Å²) >= 11 is 0. The van der Waals surface area contributed by atoms with Gasteiger partial charge in [-0.25, -0.2) is 4.79 Å². The summed E-state index contributed by atoms with van der Waals surface area (Å²) < 4.78 is 11.3. The van der Waals surface area contributed by atoms with Gasteiger partial charge in [0.05, 0.1) is 7.11 Å². The van der Waals surface area contributed by atoms with E-state index in [0.717, 1.165) is 16.9 Å². The van der Waals surface area contributed by atoms with Crippen LogP contribution in [0.2, 0.25) is 0 Å². The summed E-state index contributed by atoms with van der Waals surface area (Å²) in [5, 5.41) is 0. The molecule has 0 aromatic heterocycles. The van der Waals surface area contributed by atoms with Crippen LogP contribution in [0.3, 0.4) is 0 Å². The monoisotopic (exact) mass is 319 g/mol. The third-order valence-electron chi connectivity index (χ3n) is 4.30. The van der Waals surface area contributed by atoms with Crippen molar-refractivity contribution in [3.63, 3.8) is 0 Å². The highest BCUT2D eigenvalue weighted by Gasteiger charge is 2.48. The second kappa shape index (κ2) is 5.52. The van der Waals surface area contributed by atoms with E-state index in [1.165, 1.54) is 0 Å². The molecule has 2 rings (SSSR count). The van der Waals surface area contributed by atoms with Crippen molar-refractivity contribution in [2.45, 2.75) is 70.8 Å². The van der Waals surface area contributed by atoms with Crippen LogP contribution in [0.15, 0.2) is 12.1 Å². The highest BCUT2D eigenvalue weighted by molar-refractivity contribution is 5.86. The highest BCUT2D eigenvalue weighted by atomic mass is 16.5. The van der Waals surface area contributed by atoms with E-state index in [0.29, 0.717) is 18.6 Å². The van der Waals surface area contributed by atoms with Crippen LogP contribution in [0, 0.1) is 0 Å². The van der Waals surface area contributed by atoms with E-state index in [1.54, 1.807) is 7.11 Å². The molecule has 1 aromatic rings. The van der Waals surface area contributed by atoms with Gasteiger partial charge in [-0.15, -0.1) is 0 Å². The van der Waals surface area contributed by atoms with Crippen molar-refractivity contribution in [2.75, 3.05) is 7.11 Å². The zero-order chi connectivity index (χ0) is 17.6. The summed E-state index contributed by atoms with van der Waals surface area (Å²) in [6.45, 7) is 12.6. The fourth-order valence-corrected chi connectivity index (χ4v) is 2.48. The summed E-state index contributed by atoms with van der Waals surface area (Å²) in [5.74, 6) is 1.07.